The Morgan fingerprint density at radius 1 is 1.35 bits per heavy atom. The van der Waals surface area contributed by atoms with Crippen molar-refractivity contribution in [2.24, 2.45) is 0 Å². The second-order valence-corrected chi connectivity index (χ2v) is 5.90. The molecule has 3 rings (SSSR count). The van der Waals surface area contributed by atoms with E-state index in [4.69, 9.17) is 4.52 Å². The smallest absolute Gasteiger partial charge is 0.246 e. The van der Waals surface area contributed by atoms with E-state index in [1.54, 1.807) is 0 Å². The molecular formula is C16H21N3O. The summed E-state index contributed by atoms with van der Waals surface area (Å²) in [7, 11) is 0. The van der Waals surface area contributed by atoms with Gasteiger partial charge in [0.15, 0.2) is 5.82 Å². The van der Waals surface area contributed by atoms with Crippen LogP contribution in [0, 0.1) is 6.92 Å². The molecule has 20 heavy (non-hydrogen) atoms. The summed E-state index contributed by atoms with van der Waals surface area (Å²) in [6.07, 6.45) is 4.21. The molecule has 1 fully saturated rings. The average Bonchev–Trinajstić information content (AvgIpc) is 2.89. The van der Waals surface area contributed by atoms with Gasteiger partial charge in [-0.2, -0.15) is 4.98 Å². The summed E-state index contributed by atoms with van der Waals surface area (Å²) in [5, 5.41) is 7.64. The molecule has 1 unspecified atom stereocenters. The van der Waals surface area contributed by atoms with E-state index >= 15 is 0 Å². The maximum Gasteiger partial charge on any atom is 0.246 e. The second kappa shape index (κ2) is 5.37. The monoisotopic (exact) mass is 271 g/mol. The van der Waals surface area contributed by atoms with Crippen molar-refractivity contribution in [3.63, 3.8) is 0 Å². The summed E-state index contributed by atoms with van der Waals surface area (Å²) < 4.78 is 5.49. The van der Waals surface area contributed by atoms with Crippen LogP contribution in [0.3, 0.4) is 0 Å². The summed E-state index contributed by atoms with van der Waals surface area (Å²) in [5.74, 6) is 1.49. The Labute approximate surface area is 119 Å². The first-order valence-electron chi connectivity index (χ1n) is 7.29. The minimum Gasteiger partial charge on any atom is -0.337 e. The van der Waals surface area contributed by atoms with Crippen LogP contribution in [0.1, 0.15) is 49.0 Å². The summed E-state index contributed by atoms with van der Waals surface area (Å²) in [6.45, 7) is 5.26. The predicted molar refractivity (Wildman–Crippen MR) is 77.5 cm³/mol. The molecule has 0 saturated carbocycles. The highest BCUT2D eigenvalue weighted by molar-refractivity contribution is 5.24. The van der Waals surface area contributed by atoms with Gasteiger partial charge in [-0.3, -0.25) is 0 Å². The van der Waals surface area contributed by atoms with Crippen molar-refractivity contribution in [3.8, 4) is 0 Å². The van der Waals surface area contributed by atoms with Crippen LogP contribution in [0.4, 0.5) is 0 Å². The third kappa shape index (κ3) is 2.75. The fraction of sp³-hybridized carbons (Fsp3) is 0.500. The van der Waals surface area contributed by atoms with E-state index < -0.39 is 0 Å². The number of nitrogens with one attached hydrogen (secondary N) is 1. The minimum atomic E-state index is -0.157. The number of aromatic nitrogens is 2. The number of rotatable bonds is 3. The molecule has 1 aromatic carbocycles. The lowest BCUT2D eigenvalue weighted by Crippen LogP contribution is -2.43. The molecule has 106 valence electrons. The molecule has 1 saturated heterocycles. The molecule has 2 aromatic rings. The maximum absolute atomic E-state index is 5.49. The zero-order chi connectivity index (χ0) is 14.0. The SMILES string of the molecule is Cc1cccc(Cc2noc(C3(C)CCCCN3)n2)c1. The molecule has 4 nitrogen and oxygen atoms in total. The Balaban J connectivity index is 1.76. The number of aryl methyl sites for hydroxylation is 1. The average molecular weight is 271 g/mol. The quantitative estimate of drug-likeness (QED) is 0.932. The van der Waals surface area contributed by atoms with Crippen LogP contribution in [-0.4, -0.2) is 16.7 Å². The van der Waals surface area contributed by atoms with E-state index in [1.807, 2.05) is 0 Å². The van der Waals surface area contributed by atoms with Gasteiger partial charge in [0.1, 0.15) is 0 Å². The Hall–Kier alpha value is -1.68. The van der Waals surface area contributed by atoms with Crippen LogP contribution < -0.4 is 5.32 Å². The number of piperidine rings is 1. The molecule has 0 amide bonds. The van der Waals surface area contributed by atoms with Gasteiger partial charge in [0.25, 0.3) is 0 Å². The molecule has 1 aliphatic heterocycles. The van der Waals surface area contributed by atoms with Gasteiger partial charge in [-0.15, -0.1) is 0 Å². The molecule has 4 heteroatoms. The number of hydrogen-bond acceptors (Lipinski definition) is 4. The number of nitrogens with zero attached hydrogens (tertiary/aromatic N) is 2. The van der Waals surface area contributed by atoms with Gasteiger partial charge in [0.2, 0.25) is 5.89 Å². The van der Waals surface area contributed by atoms with Crippen LogP contribution in [0.15, 0.2) is 28.8 Å². The molecule has 2 heterocycles. The van der Waals surface area contributed by atoms with Gasteiger partial charge in [-0.25, -0.2) is 0 Å². The molecule has 1 aliphatic rings. The van der Waals surface area contributed by atoms with E-state index in [-0.39, 0.29) is 5.54 Å². The zero-order valence-corrected chi connectivity index (χ0v) is 12.1. The van der Waals surface area contributed by atoms with E-state index in [2.05, 4.69) is 53.6 Å². The zero-order valence-electron chi connectivity index (χ0n) is 12.1. The standard InChI is InChI=1S/C16H21N3O/c1-12-6-5-7-13(10-12)11-14-18-15(20-19-14)16(2)8-3-4-9-17-16/h5-7,10,17H,3-4,8-9,11H2,1-2H3. The molecular weight excluding hydrogens is 250 g/mol. The van der Waals surface area contributed by atoms with Crippen LogP contribution in [0.5, 0.6) is 0 Å². The Morgan fingerprint density at radius 2 is 2.25 bits per heavy atom. The fourth-order valence-corrected chi connectivity index (χ4v) is 2.79. The summed E-state index contributed by atoms with van der Waals surface area (Å²) in [6, 6.07) is 8.42. The number of hydrogen-bond donors (Lipinski definition) is 1. The Kier molecular flexibility index (Phi) is 3.57. The summed E-state index contributed by atoms with van der Waals surface area (Å²) >= 11 is 0. The van der Waals surface area contributed by atoms with Crippen molar-refractivity contribution in [1.29, 1.82) is 0 Å². The van der Waals surface area contributed by atoms with Crippen molar-refractivity contribution >= 4 is 0 Å². The van der Waals surface area contributed by atoms with Crippen molar-refractivity contribution in [3.05, 3.63) is 47.1 Å². The first-order chi connectivity index (χ1) is 9.66. The highest BCUT2D eigenvalue weighted by Crippen LogP contribution is 2.28. The summed E-state index contributed by atoms with van der Waals surface area (Å²) in [5.41, 5.74) is 2.32. The third-order valence-corrected chi connectivity index (χ3v) is 4.00. The molecule has 0 aliphatic carbocycles. The van der Waals surface area contributed by atoms with Gasteiger partial charge in [0, 0.05) is 6.42 Å². The Bertz CT molecular complexity index is 585. The van der Waals surface area contributed by atoms with Crippen molar-refractivity contribution in [2.75, 3.05) is 6.54 Å². The van der Waals surface area contributed by atoms with Crippen LogP contribution in [-0.2, 0) is 12.0 Å². The van der Waals surface area contributed by atoms with E-state index in [9.17, 15) is 0 Å². The second-order valence-electron chi connectivity index (χ2n) is 5.90. The van der Waals surface area contributed by atoms with Gasteiger partial charge < -0.3 is 9.84 Å². The molecule has 1 N–H and O–H groups in total. The predicted octanol–water partition coefficient (Wildman–Crippen LogP) is 2.96. The van der Waals surface area contributed by atoms with E-state index in [0.29, 0.717) is 0 Å². The fourth-order valence-electron chi connectivity index (χ4n) is 2.79. The van der Waals surface area contributed by atoms with Gasteiger partial charge in [-0.05, 0) is 45.2 Å². The lowest BCUT2D eigenvalue weighted by Gasteiger charge is -2.31. The van der Waals surface area contributed by atoms with Crippen LogP contribution in [0.25, 0.3) is 0 Å². The van der Waals surface area contributed by atoms with Crippen molar-refractivity contribution in [2.45, 2.75) is 45.1 Å². The summed E-state index contributed by atoms with van der Waals surface area (Å²) in [4.78, 5) is 4.59. The van der Waals surface area contributed by atoms with Gasteiger partial charge >= 0.3 is 0 Å². The molecule has 0 bridgehead atoms. The van der Waals surface area contributed by atoms with Crippen molar-refractivity contribution in [1.82, 2.24) is 15.5 Å². The molecule has 1 atom stereocenters. The topological polar surface area (TPSA) is 51.0 Å². The largest absolute Gasteiger partial charge is 0.337 e. The highest BCUT2D eigenvalue weighted by Gasteiger charge is 2.34. The first-order valence-corrected chi connectivity index (χ1v) is 7.29. The minimum absolute atomic E-state index is 0.157. The van der Waals surface area contributed by atoms with Crippen LogP contribution >= 0.6 is 0 Å². The van der Waals surface area contributed by atoms with Crippen LogP contribution in [0.2, 0.25) is 0 Å². The molecule has 1 aromatic heterocycles. The van der Waals surface area contributed by atoms with E-state index in [1.165, 1.54) is 24.0 Å². The molecule has 0 radical (unpaired) electrons. The third-order valence-electron chi connectivity index (χ3n) is 4.00. The lowest BCUT2D eigenvalue weighted by molar-refractivity contribution is 0.206. The maximum atomic E-state index is 5.49. The van der Waals surface area contributed by atoms with Gasteiger partial charge in [0.05, 0.1) is 5.54 Å². The van der Waals surface area contributed by atoms with Gasteiger partial charge in [-0.1, -0.05) is 35.0 Å². The lowest BCUT2D eigenvalue weighted by atomic mass is 9.91. The number of benzene rings is 1. The Morgan fingerprint density at radius 3 is 3.00 bits per heavy atom. The first kappa shape index (κ1) is 13.3. The highest BCUT2D eigenvalue weighted by atomic mass is 16.5. The molecule has 0 spiro atoms. The normalized spacial score (nSPS) is 22.9. The van der Waals surface area contributed by atoms with Crippen molar-refractivity contribution < 1.29 is 4.52 Å². The van der Waals surface area contributed by atoms with E-state index in [0.717, 1.165) is 31.1 Å².